The Balaban J connectivity index is 2.78. The van der Waals surface area contributed by atoms with Gasteiger partial charge in [-0.15, -0.1) is 0 Å². The zero-order valence-corrected chi connectivity index (χ0v) is 12.6. The summed E-state index contributed by atoms with van der Waals surface area (Å²) in [6.07, 6.45) is 0.803. The van der Waals surface area contributed by atoms with Crippen LogP contribution >= 0.6 is 46.4 Å². The lowest BCUT2D eigenvalue weighted by Crippen LogP contribution is -1.92. The molecule has 0 heterocycles. The van der Waals surface area contributed by atoms with Gasteiger partial charge in [-0.1, -0.05) is 71.5 Å². The fourth-order valence-electron chi connectivity index (χ4n) is 1.88. The van der Waals surface area contributed by atoms with Crippen LogP contribution in [0.2, 0.25) is 20.1 Å². The van der Waals surface area contributed by atoms with E-state index >= 15 is 0 Å². The molecule has 0 saturated heterocycles. The average Bonchev–Trinajstić information content (AvgIpc) is 2.37. The van der Waals surface area contributed by atoms with E-state index in [0.29, 0.717) is 20.1 Å². The van der Waals surface area contributed by atoms with Crippen LogP contribution in [0, 0.1) is 0 Å². The third-order valence-corrected chi connectivity index (χ3v) is 4.36. The first-order valence-corrected chi connectivity index (χ1v) is 6.98. The number of halogens is 4. The summed E-state index contributed by atoms with van der Waals surface area (Å²) in [5, 5.41) is 1.93. The summed E-state index contributed by atoms with van der Waals surface area (Å²) in [5.41, 5.74) is 2.77. The van der Waals surface area contributed by atoms with Crippen molar-refractivity contribution in [2.24, 2.45) is 0 Å². The Bertz CT molecular complexity index is 591. The zero-order valence-electron chi connectivity index (χ0n) is 9.61. The van der Waals surface area contributed by atoms with Crippen LogP contribution in [0.25, 0.3) is 11.1 Å². The molecular weight excluding hydrogens is 310 g/mol. The minimum absolute atomic E-state index is 0.366. The SMILES string of the molecule is CCc1cc(Cl)c(Cl)c(Cl)c1-c1ccccc1Cl. The summed E-state index contributed by atoms with van der Waals surface area (Å²) >= 11 is 24.7. The molecule has 0 aliphatic carbocycles. The van der Waals surface area contributed by atoms with E-state index in [1.165, 1.54) is 0 Å². The van der Waals surface area contributed by atoms with Gasteiger partial charge in [0.1, 0.15) is 0 Å². The van der Waals surface area contributed by atoms with Crippen molar-refractivity contribution >= 4 is 46.4 Å². The molecule has 2 aromatic rings. The molecule has 2 aromatic carbocycles. The molecule has 0 radical (unpaired) electrons. The maximum atomic E-state index is 6.31. The highest BCUT2D eigenvalue weighted by Crippen LogP contribution is 2.43. The van der Waals surface area contributed by atoms with Gasteiger partial charge in [0.05, 0.1) is 15.1 Å². The molecule has 4 heteroatoms. The summed E-state index contributed by atoms with van der Waals surface area (Å²) < 4.78 is 0. The van der Waals surface area contributed by atoms with Crippen molar-refractivity contribution in [2.45, 2.75) is 13.3 Å². The normalized spacial score (nSPS) is 10.7. The van der Waals surface area contributed by atoms with Gasteiger partial charge in [-0.3, -0.25) is 0 Å². The highest BCUT2D eigenvalue weighted by Gasteiger charge is 2.16. The van der Waals surface area contributed by atoms with Crippen molar-refractivity contribution in [3.8, 4) is 11.1 Å². The Kier molecular flexibility index (Phi) is 4.45. The van der Waals surface area contributed by atoms with Crippen LogP contribution in [0.3, 0.4) is 0 Å². The van der Waals surface area contributed by atoms with E-state index in [2.05, 4.69) is 0 Å². The predicted octanol–water partition coefficient (Wildman–Crippen LogP) is 6.53. The Hall–Kier alpha value is -0.400. The van der Waals surface area contributed by atoms with Crippen LogP contribution in [0.1, 0.15) is 12.5 Å². The van der Waals surface area contributed by atoms with Gasteiger partial charge in [0, 0.05) is 16.1 Å². The number of rotatable bonds is 2. The first-order chi connectivity index (χ1) is 8.56. The van der Waals surface area contributed by atoms with Gasteiger partial charge in [0.25, 0.3) is 0 Å². The van der Waals surface area contributed by atoms with Gasteiger partial charge in [0.2, 0.25) is 0 Å². The fraction of sp³-hybridized carbons (Fsp3) is 0.143. The lowest BCUT2D eigenvalue weighted by molar-refractivity contribution is 1.14. The minimum atomic E-state index is 0.366. The number of aryl methyl sites for hydroxylation is 1. The predicted molar refractivity (Wildman–Crippen MR) is 81.3 cm³/mol. The molecule has 0 aliphatic heterocycles. The Morgan fingerprint density at radius 1 is 0.889 bits per heavy atom. The summed E-state index contributed by atoms with van der Waals surface area (Å²) in [6, 6.07) is 9.39. The first kappa shape index (κ1) is 14.0. The monoisotopic (exact) mass is 318 g/mol. The fourth-order valence-corrected chi connectivity index (χ4v) is 2.86. The topological polar surface area (TPSA) is 0 Å². The first-order valence-electron chi connectivity index (χ1n) is 5.47. The second-order valence-corrected chi connectivity index (χ2v) is 5.42. The molecule has 0 unspecified atom stereocenters. The quantitative estimate of drug-likeness (QED) is 0.552. The third-order valence-electron chi connectivity index (χ3n) is 2.77. The van der Waals surface area contributed by atoms with E-state index in [0.717, 1.165) is 23.1 Å². The van der Waals surface area contributed by atoms with E-state index in [1.807, 2.05) is 37.3 Å². The van der Waals surface area contributed by atoms with Crippen molar-refractivity contribution in [1.29, 1.82) is 0 Å². The second-order valence-electron chi connectivity index (χ2n) is 3.85. The van der Waals surface area contributed by atoms with Gasteiger partial charge >= 0.3 is 0 Å². The van der Waals surface area contributed by atoms with E-state index in [9.17, 15) is 0 Å². The van der Waals surface area contributed by atoms with E-state index < -0.39 is 0 Å². The number of hydrogen-bond donors (Lipinski definition) is 0. The standard InChI is InChI=1S/C14H10Cl4/c1-2-8-7-11(16)13(17)14(18)12(8)9-5-3-4-6-10(9)15/h3-7H,2H2,1H3. The number of hydrogen-bond acceptors (Lipinski definition) is 0. The highest BCUT2D eigenvalue weighted by molar-refractivity contribution is 6.49. The molecule has 0 spiro atoms. The summed E-state index contributed by atoms with van der Waals surface area (Å²) in [7, 11) is 0. The van der Waals surface area contributed by atoms with Crippen LogP contribution < -0.4 is 0 Å². The molecule has 2 rings (SSSR count). The van der Waals surface area contributed by atoms with Gasteiger partial charge in [0.15, 0.2) is 0 Å². The molecule has 0 nitrogen and oxygen atoms in total. The van der Waals surface area contributed by atoms with Gasteiger partial charge in [-0.25, -0.2) is 0 Å². The largest absolute Gasteiger partial charge is 0.0837 e. The summed E-state index contributed by atoms with van der Waals surface area (Å²) in [5.74, 6) is 0. The Morgan fingerprint density at radius 3 is 2.17 bits per heavy atom. The van der Waals surface area contributed by atoms with Crippen molar-refractivity contribution < 1.29 is 0 Å². The molecule has 0 N–H and O–H groups in total. The Morgan fingerprint density at radius 2 is 1.56 bits per heavy atom. The average molecular weight is 320 g/mol. The van der Waals surface area contributed by atoms with Crippen LogP contribution in [0.5, 0.6) is 0 Å². The van der Waals surface area contributed by atoms with Crippen LogP contribution in [-0.2, 0) is 6.42 Å². The van der Waals surface area contributed by atoms with Crippen LogP contribution in [0.4, 0.5) is 0 Å². The molecule has 0 aliphatic rings. The van der Waals surface area contributed by atoms with E-state index in [1.54, 1.807) is 0 Å². The van der Waals surface area contributed by atoms with Crippen LogP contribution in [-0.4, -0.2) is 0 Å². The lowest BCUT2D eigenvalue weighted by Gasteiger charge is -2.14. The molecule has 94 valence electrons. The van der Waals surface area contributed by atoms with Crippen LogP contribution in [0.15, 0.2) is 30.3 Å². The minimum Gasteiger partial charge on any atom is -0.0837 e. The van der Waals surface area contributed by atoms with Crippen molar-refractivity contribution in [3.05, 3.63) is 56.0 Å². The molecule has 0 atom stereocenters. The van der Waals surface area contributed by atoms with Gasteiger partial charge < -0.3 is 0 Å². The number of benzene rings is 2. The van der Waals surface area contributed by atoms with Crippen molar-refractivity contribution in [2.75, 3.05) is 0 Å². The molecule has 0 aromatic heterocycles. The molecule has 0 fully saturated rings. The summed E-state index contributed by atoms with van der Waals surface area (Å²) in [4.78, 5) is 0. The molecule has 0 saturated carbocycles. The van der Waals surface area contributed by atoms with E-state index in [4.69, 9.17) is 46.4 Å². The molecule has 18 heavy (non-hydrogen) atoms. The smallest absolute Gasteiger partial charge is 0.0785 e. The maximum Gasteiger partial charge on any atom is 0.0785 e. The summed E-state index contributed by atoms with van der Waals surface area (Å²) in [6.45, 7) is 2.04. The molecular formula is C14H10Cl4. The second kappa shape index (κ2) is 5.71. The van der Waals surface area contributed by atoms with Gasteiger partial charge in [-0.05, 0) is 24.1 Å². The van der Waals surface area contributed by atoms with Crippen molar-refractivity contribution in [1.82, 2.24) is 0 Å². The highest BCUT2D eigenvalue weighted by atomic mass is 35.5. The van der Waals surface area contributed by atoms with E-state index in [-0.39, 0.29) is 0 Å². The lowest BCUT2D eigenvalue weighted by atomic mass is 9.98. The molecule has 0 amide bonds. The van der Waals surface area contributed by atoms with Gasteiger partial charge in [-0.2, -0.15) is 0 Å². The maximum absolute atomic E-state index is 6.31. The molecule has 0 bridgehead atoms. The Labute approximate surface area is 126 Å². The zero-order chi connectivity index (χ0) is 13.3. The van der Waals surface area contributed by atoms with Crippen molar-refractivity contribution in [3.63, 3.8) is 0 Å². The third kappa shape index (κ3) is 2.48.